The fourth-order valence-electron chi connectivity index (χ4n) is 5.41. The van der Waals surface area contributed by atoms with E-state index in [-0.39, 0.29) is 36.2 Å². The summed E-state index contributed by atoms with van der Waals surface area (Å²) < 4.78 is 7.20. The number of nitrogens with zero attached hydrogens (tertiary/aromatic N) is 3. The third-order valence-corrected chi connectivity index (χ3v) is 14.0. The van der Waals surface area contributed by atoms with Crippen LogP contribution in [0.4, 0.5) is 9.59 Å². The number of hydrogen-bond acceptors (Lipinski definition) is 7. The summed E-state index contributed by atoms with van der Waals surface area (Å²) in [5, 5.41) is 3.92. The Balaban J connectivity index is 1.36. The van der Waals surface area contributed by atoms with Crippen molar-refractivity contribution in [2.75, 3.05) is 13.2 Å². The fourth-order valence-corrected chi connectivity index (χ4v) is 7.88. The van der Waals surface area contributed by atoms with Crippen LogP contribution in [0.2, 0.25) is 18.1 Å². The number of rotatable bonds is 9. The molecule has 0 aromatic heterocycles. The Morgan fingerprint density at radius 2 is 1.69 bits per heavy atom. The average Bonchev–Trinajstić information content (AvgIpc) is 3.12. The molecule has 3 saturated heterocycles. The van der Waals surface area contributed by atoms with Crippen molar-refractivity contribution in [2.24, 2.45) is 0 Å². The van der Waals surface area contributed by atoms with E-state index in [1.807, 2.05) is 34.9 Å². The maximum absolute atomic E-state index is 13.3. The van der Waals surface area contributed by atoms with Crippen molar-refractivity contribution in [2.45, 2.75) is 109 Å². The number of carbonyl (C=O) groups excluding carboxylic acids is 4. The quantitative estimate of drug-likeness (QED) is 0.251. The number of amides is 5. The maximum atomic E-state index is 13.3. The van der Waals surface area contributed by atoms with E-state index in [2.05, 4.69) is 44.7 Å². The minimum Gasteiger partial charge on any atom is -0.444 e. The summed E-state index contributed by atoms with van der Waals surface area (Å²) in [7, 11) is -2.33. The van der Waals surface area contributed by atoms with Gasteiger partial charge in [0.15, 0.2) is 8.24 Å². The summed E-state index contributed by atoms with van der Waals surface area (Å²) in [6, 6.07) is 7.10. The van der Waals surface area contributed by atoms with Crippen molar-refractivity contribution in [3.05, 3.63) is 35.9 Å². The summed E-state index contributed by atoms with van der Waals surface area (Å²) in [6.07, 6.45) is 0.401. The number of hydroxylamine groups is 3. The van der Waals surface area contributed by atoms with Crippen LogP contribution in [-0.4, -0.2) is 89.6 Å². The van der Waals surface area contributed by atoms with Gasteiger partial charge in [-0.2, -0.15) is 5.06 Å². The molecule has 42 heavy (non-hydrogen) atoms. The first kappa shape index (κ1) is 31.8. The molecule has 0 saturated carbocycles. The first-order valence-electron chi connectivity index (χ1n) is 14.5. The monoisotopic (exact) mass is 603 g/mol. The molecule has 2 bridgehead atoms. The number of β-lactam (4-membered cyclic amide) rings is 1. The molecule has 3 fully saturated rings. The topological polar surface area (TPSA) is 130 Å². The second-order valence-electron chi connectivity index (χ2n) is 13.8. The third-order valence-electron chi connectivity index (χ3n) is 8.60. The van der Waals surface area contributed by atoms with E-state index in [1.165, 1.54) is 9.96 Å². The lowest BCUT2D eigenvalue weighted by Gasteiger charge is -2.57. The van der Waals surface area contributed by atoms with E-state index >= 15 is 0 Å². The van der Waals surface area contributed by atoms with Crippen molar-refractivity contribution in [3.63, 3.8) is 0 Å². The minimum atomic E-state index is -2.33. The number of urea groups is 1. The van der Waals surface area contributed by atoms with Crippen molar-refractivity contribution in [1.82, 2.24) is 25.3 Å². The molecule has 1 aromatic carbocycles. The Bertz CT molecular complexity index is 1180. The number of piperidine rings is 1. The van der Waals surface area contributed by atoms with Crippen LogP contribution in [0, 0.1) is 0 Å². The van der Waals surface area contributed by atoms with E-state index in [0.29, 0.717) is 19.4 Å². The van der Waals surface area contributed by atoms with E-state index in [4.69, 9.17) is 14.4 Å². The Morgan fingerprint density at radius 1 is 1.02 bits per heavy atom. The van der Waals surface area contributed by atoms with Gasteiger partial charge in [0.2, 0.25) is 5.91 Å². The molecule has 5 amide bonds. The van der Waals surface area contributed by atoms with Gasteiger partial charge >= 0.3 is 12.1 Å². The predicted octanol–water partition coefficient (Wildman–Crippen LogP) is 3.54. The van der Waals surface area contributed by atoms with Gasteiger partial charge in [-0.25, -0.2) is 15.1 Å². The van der Waals surface area contributed by atoms with Crippen LogP contribution in [0.1, 0.15) is 59.9 Å². The van der Waals surface area contributed by atoms with Gasteiger partial charge in [0.1, 0.15) is 24.3 Å². The maximum Gasteiger partial charge on any atom is 0.408 e. The highest BCUT2D eigenvalue weighted by Crippen LogP contribution is 2.43. The lowest BCUT2D eigenvalue weighted by Crippen LogP contribution is -2.80. The van der Waals surface area contributed by atoms with Crippen LogP contribution in [-0.2, 0) is 30.6 Å². The Morgan fingerprint density at radius 3 is 2.31 bits per heavy atom. The van der Waals surface area contributed by atoms with Crippen LogP contribution in [0.5, 0.6) is 0 Å². The van der Waals surface area contributed by atoms with Gasteiger partial charge in [-0.3, -0.25) is 19.3 Å². The largest absolute Gasteiger partial charge is 0.444 e. The predicted molar refractivity (Wildman–Crippen MR) is 157 cm³/mol. The van der Waals surface area contributed by atoms with Gasteiger partial charge in [-0.1, -0.05) is 64.2 Å². The summed E-state index contributed by atoms with van der Waals surface area (Å²) in [4.78, 5) is 65.1. The van der Waals surface area contributed by atoms with Crippen LogP contribution < -0.4 is 10.8 Å². The number of ether oxygens (including phenoxy) is 1. The first-order valence-corrected chi connectivity index (χ1v) is 17.5. The lowest BCUT2D eigenvalue weighted by molar-refractivity contribution is -0.152. The van der Waals surface area contributed by atoms with Crippen molar-refractivity contribution in [3.8, 4) is 0 Å². The van der Waals surface area contributed by atoms with Gasteiger partial charge in [-0.15, -0.1) is 0 Å². The van der Waals surface area contributed by atoms with Gasteiger partial charge in [-0.05, 0) is 44.2 Å². The lowest BCUT2D eigenvalue weighted by atomic mass is 10.00. The molecule has 3 aliphatic heterocycles. The highest BCUT2D eigenvalue weighted by atomic mass is 28.3. The zero-order chi connectivity index (χ0) is 31.0. The molecule has 4 atom stereocenters. The normalized spacial score (nSPS) is 24.4. The van der Waals surface area contributed by atoms with E-state index in [1.54, 1.807) is 20.8 Å². The summed E-state index contributed by atoms with van der Waals surface area (Å²) >= 11 is 0. The molecule has 0 spiro atoms. The summed E-state index contributed by atoms with van der Waals surface area (Å²) in [6.45, 7) is 16.4. The highest BCUT2D eigenvalue weighted by Gasteiger charge is 2.58. The second-order valence-corrected chi connectivity index (χ2v) is 18.9. The molecule has 232 valence electrons. The molecule has 0 aliphatic carbocycles. The van der Waals surface area contributed by atoms with Gasteiger partial charge in [0.05, 0.1) is 18.7 Å². The fraction of sp³-hybridized carbons (Fsp3) is 0.655. The van der Waals surface area contributed by atoms with Crippen molar-refractivity contribution >= 4 is 32.2 Å². The van der Waals surface area contributed by atoms with Gasteiger partial charge in [0, 0.05) is 6.54 Å². The molecule has 13 heteroatoms. The SMILES string of the molecule is CC(C)(C)OC(=O)NC1C(=O)N([Si](C)(C)C(C)(C)C)C1CONC(=O)[C@@H]1CC[C@@H]2CN1C(=O)N2OCc1ccccc1. The number of carbonyl (C=O) groups is 4. The molecule has 3 aliphatic rings. The van der Waals surface area contributed by atoms with Gasteiger partial charge in [0.25, 0.3) is 5.91 Å². The molecule has 2 N–H and O–H groups in total. The molecular weight excluding hydrogens is 558 g/mol. The smallest absolute Gasteiger partial charge is 0.408 e. The Labute approximate surface area is 249 Å². The minimum absolute atomic E-state index is 0.0277. The molecular formula is C29H45N5O7Si. The zero-order valence-electron chi connectivity index (χ0n) is 25.9. The molecule has 1 aromatic rings. The van der Waals surface area contributed by atoms with E-state index in [0.717, 1.165) is 5.56 Å². The third kappa shape index (κ3) is 6.57. The van der Waals surface area contributed by atoms with Crippen LogP contribution in [0.15, 0.2) is 30.3 Å². The summed E-state index contributed by atoms with van der Waals surface area (Å²) in [5.41, 5.74) is 2.74. The molecule has 12 nitrogen and oxygen atoms in total. The molecule has 2 unspecified atom stereocenters. The van der Waals surface area contributed by atoms with Crippen LogP contribution in [0.25, 0.3) is 0 Å². The number of nitrogens with one attached hydrogen (secondary N) is 2. The molecule has 0 radical (unpaired) electrons. The molecule has 3 heterocycles. The standard InChI is InChI=1S/C29H45N5O7Si/c1-28(2,3)41-26(37)30-23-22(34(25(23)36)42(7,8)29(4,5)6)18-39-31-24(35)21-15-14-20-16-32(21)27(38)33(20)40-17-19-12-10-9-11-13-19/h9-13,20-23H,14-18H2,1-8H3,(H,30,37)(H,31,35)/t20-,21+,22?,23?/m1/s1. The average molecular weight is 604 g/mol. The second kappa shape index (κ2) is 11.8. The molecule has 4 rings (SSSR count). The van der Waals surface area contributed by atoms with Crippen molar-refractivity contribution in [1.29, 1.82) is 0 Å². The van der Waals surface area contributed by atoms with E-state index < -0.39 is 44.0 Å². The number of alkyl carbamates (subject to hydrolysis) is 1. The zero-order valence-corrected chi connectivity index (χ0v) is 26.9. The number of benzene rings is 1. The number of fused-ring (bicyclic) bond motifs is 2. The van der Waals surface area contributed by atoms with Crippen molar-refractivity contribution < 1.29 is 33.6 Å². The van der Waals surface area contributed by atoms with E-state index in [9.17, 15) is 19.2 Å². The van der Waals surface area contributed by atoms with Crippen LogP contribution >= 0.6 is 0 Å². The first-order chi connectivity index (χ1) is 19.5. The van der Waals surface area contributed by atoms with Gasteiger partial charge < -0.3 is 19.5 Å². The number of hydrogen-bond donors (Lipinski definition) is 2. The highest BCUT2D eigenvalue weighted by molar-refractivity contribution is 6.80. The Hall–Kier alpha value is -3.16. The van der Waals surface area contributed by atoms with Crippen LogP contribution in [0.3, 0.4) is 0 Å². The Kier molecular flexibility index (Phi) is 8.96. The summed E-state index contributed by atoms with van der Waals surface area (Å²) in [5.74, 6) is -0.628.